The smallest absolute Gasteiger partial charge is 0.122 e. The molecule has 0 amide bonds. The molecule has 17 heavy (non-hydrogen) atoms. The summed E-state index contributed by atoms with van der Waals surface area (Å²) in [7, 11) is 0. The van der Waals surface area contributed by atoms with Crippen molar-refractivity contribution in [2.24, 2.45) is 0 Å². The van der Waals surface area contributed by atoms with Crippen molar-refractivity contribution in [3.8, 4) is 0 Å². The molecule has 1 aromatic carbocycles. The maximum atomic E-state index is 5.99. The maximum absolute atomic E-state index is 5.99. The Hall–Kier alpha value is -0.440. The third kappa shape index (κ3) is 2.87. The summed E-state index contributed by atoms with van der Waals surface area (Å²) < 4.78 is 5.70. The van der Waals surface area contributed by atoms with Crippen molar-refractivity contribution in [3.05, 3.63) is 57.5 Å². The predicted octanol–water partition coefficient (Wildman–Crippen LogP) is 5.63. The number of aryl methyl sites for hydroxylation is 1. The van der Waals surface area contributed by atoms with Crippen LogP contribution >= 0.6 is 39.1 Å². The topological polar surface area (TPSA) is 13.1 Å². The van der Waals surface area contributed by atoms with Crippen LogP contribution in [0.4, 0.5) is 0 Å². The number of halogens is 3. The average molecular weight is 334 g/mol. The van der Waals surface area contributed by atoms with Crippen LogP contribution in [0.25, 0.3) is 0 Å². The van der Waals surface area contributed by atoms with Crippen molar-refractivity contribution in [2.75, 3.05) is 0 Å². The summed E-state index contributed by atoms with van der Waals surface area (Å²) in [5.41, 5.74) is 1.02. The van der Waals surface area contributed by atoms with Gasteiger partial charge in [0.1, 0.15) is 11.5 Å². The normalized spacial score (nSPS) is 12.7. The Morgan fingerprint density at radius 2 is 1.94 bits per heavy atom. The number of hydrogen-bond acceptors (Lipinski definition) is 1. The van der Waals surface area contributed by atoms with Crippen LogP contribution in [-0.2, 0) is 6.42 Å². The minimum absolute atomic E-state index is 0.00225. The van der Waals surface area contributed by atoms with E-state index < -0.39 is 0 Å². The van der Waals surface area contributed by atoms with Gasteiger partial charge in [-0.1, -0.05) is 52.1 Å². The van der Waals surface area contributed by atoms with E-state index >= 15 is 0 Å². The van der Waals surface area contributed by atoms with E-state index in [4.69, 9.17) is 27.6 Å². The Kier molecular flexibility index (Phi) is 4.18. The molecule has 90 valence electrons. The number of rotatable bonds is 3. The van der Waals surface area contributed by atoms with Crippen molar-refractivity contribution >= 4 is 39.1 Å². The van der Waals surface area contributed by atoms with Crippen molar-refractivity contribution in [1.29, 1.82) is 0 Å². The van der Waals surface area contributed by atoms with Crippen LogP contribution < -0.4 is 0 Å². The van der Waals surface area contributed by atoms with E-state index in [1.807, 2.05) is 24.3 Å². The first-order chi connectivity index (χ1) is 8.11. The Balaban J connectivity index is 2.29. The molecule has 1 nitrogen and oxygen atoms in total. The van der Waals surface area contributed by atoms with Gasteiger partial charge in [0.05, 0.1) is 14.9 Å². The van der Waals surface area contributed by atoms with Gasteiger partial charge in [0, 0.05) is 6.42 Å². The van der Waals surface area contributed by atoms with Gasteiger partial charge >= 0.3 is 0 Å². The molecule has 0 radical (unpaired) electrons. The second-order valence-corrected chi connectivity index (χ2v) is 5.42. The Morgan fingerprint density at radius 1 is 1.18 bits per heavy atom. The van der Waals surface area contributed by atoms with Gasteiger partial charge in [-0.25, -0.2) is 0 Å². The van der Waals surface area contributed by atoms with Gasteiger partial charge < -0.3 is 4.42 Å². The van der Waals surface area contributed by atoms with Crippen LogP contribution in [0.5, 0.6) is 0 Å². The molecular weight excluding hydrogens is 323 g/mol. The highest BCUT2D eigenvalue weighted by Gasteiger charge is 2.15. The summed E-state index contributed by atoms with van der Waals surface area (Å²) in [6.45, 7) is 2.06. The standard InChI is InChI=1S/C13H11BrCl2O/c1-2-9-4-6-12(17-9)13(14)8-3-5-10(15)11(16)7-8/h3-7,13H,2H2,1H3. The highest BCUT2D eigenvalue weighted by molar-refractivity contribution is 9.09. The summed E-state index contributed by atoms with van der Waals surface area (Å²) >= 11 is 15.5. The Labute approximate surface area is 119 Å². The van der Waals surface area contributed by atoms with Gasteiger partial charge in [-0.3, -0.25) is 0 Å². The monoisotopic (exact) mass is 332 g/mol. The van der Waals surface area contributed by atoms with Crippen LogP contribution in [0.15, 0.2) is 34.7 Å². The zero-order valence-electron chi connectivity index (χ0n) is 9.21. The van der Waals surface area contributed by atoms with E-state index in [9.17, 15) is 0 Å². The number of furan rings is 1. The lowest BCUT2D eigenvalue weighted by Crippen LogP contribution is -1.90. The predicted molar refractivity (Wildman–Crippen MR) is 75.3 cm³/mol. The minimum atomic E-state index is -0.00225. The first-order valence-electron chi connectivity index (χ1n) is 5.29. The van der Waals surface area contributed by atoms with Gasteiger partial charge in [0.15, 0.2) is 0 Å². The van der Waals surface area contributed by atoms with Crippen LogP contribution in [0.2, 0.25) is 10.0 Å². The summed E-state index contributed by atoms with van der Waals surface area (Å²) in [5, 5.41) is 1.11. The van der Waals surface area contributed by atoms with E-state index in [1.165, 1.54) is 0 Å². The molecule has 0 saturated heterocycles. The highest BCUT2D eigenvalue weighted by atomic mass is 79.9. The summed E-state index contributed by atoms with van der Waals surface area (Å²) in [6.07, 6.45) is 0.890. The fourth-order valence-corrected chi connectivity index (χ4v) is 2.39. The van der Waals surface area contributed by atoms with E-state index in [0.717, 1.165) is 23.5 Å². The van der Waals surface area contributed by atoms with Gasteiger partial charge in [0.25, 0.3) is 0 Å². The molecule has 1 unspecified atom stereocenters. The average Bonchev–Trinajstić information content (AvgIpc) is 2.80. The molecule has 1 aromatic heterocycles. The third-order valence-corrected chi connectivity index (χ3v) is 4.24. The van der Waals surface area contributed by atoms with E-state index in [1.54, 1.807) is 6.07 Å². The second kappa shape index (κ2) is 5.47. The molecule has 0 fully saturated rings. The van der Waals surface area contributed by atoms with Crippen molar-refractivity contribution < 1.29 is 4.42 Å². The summed E-state index contributed by atoms with van der Waals surface area (Å²) in [5.74, 6) is 1.85. The zero-order chi connectivity index (χ0) is 12.4. The maximum Gasteiger partial charge on any atom is 0.122 e. The number of alkyl halides is 1. The molecule has 0 spiro atoms. The molecule has 0 aliphatic heterocycles. The van der Waals surface area contributed by atoms with Crippen LogP contribution in [0.1, 0.15) is 28.8 Å². The molecule has 2 aromatic rings. The highest BCUT2D eigenvalue weighted by Crippen LogP contribution is 2.35. The fourth-order valence-electron chi connectivity index (χ4n) is 1.56. The molecule has 0 saturated carbocycles. The Bertz CT molecular complexity index is 522. The van der Waals surface area contributed by atoms with Crippen LogP contribution in [0.3, 0.4) is 0 Å². The molecule has 0 N–H and O–H groups in total. The first-order valence-corrected chi connectivity index (χ1v) is 6.96. The lowest BCUT2D eigenvalue weighted by atomic mass is 10.1. The summed E-state index contributed by atoms with van der Waals surface area (Å²) in [6, 6.07) is 9.53. The zero-order valence-corrected chi connectivity index (χ0v) is 12.3. The number of hydrogen-bond donors (Lipinski definition) is 0. The lowest BCUT2D eigenvalue weighted by molar-refractivity contribution is 0.477. The molecule has 0 aliphatic rings. The van der Waals surface area contributed by atoms with Gasteiger partial charge in [-0.15, -0.1) is 0 Å². The molecule has 1 atom stereocenters. The molecule has 0 aliphatic carbocycles. The minimum Gasteiger partial charge on any atom is -0.465 e. The molecule has 4 heteroatoms. The van der Waals surface area contributed by atoms with Gasteiger partial charge in [-0.05, 0) is 29.8 Å². The second-order valence-electron chi connectivity index (χ2n) is 3.69. The van der Waals surface area contributed by atoms with Crippen molar-refractivity contribution in [3.63, 3.8) is 0 Å². The first kappa shape index (κ1) is 13.0. The SMILES string of the molecule is CCc1ccc(C(Br)c2ccc(Cl)c(Cl)c2)o1. The quantitative estimate of drug-likeness (QED) is 0.663. The van der Waals surface area contributed by atoms with Crippen molar-refractivity contribution in [2.45, 2.75) is 18.2 Å². The lowest BCUT2D eigenvalue weighted by Gasteiger charge is -2.08. The Morgan fingerprint density at radius 3 is 2.53 bits per heavy atom. The largest absolute Gasteiger partial charge is 0.465 e. The molecular formula is C13H11BrCl2O. The van der Waals surface area contributed by atoms with Crippen molar-refractivity contribution in [1.82, 2.24) is 0 Å². The molecule has 0 bridgehead atoms. The fraction of sp³-hybridized carbons (Fsp3) is 0.231. The van der Waals surface area contributed by atoms with Crippen LogP contribution in [0, 0.1) is 0 Å². The molecule has 2 rings (SSSR count). The molecule has 1 heterocycles. The third-order valence-electron chi connectivity index (χ3n) is 2.52. The van der Waals surface area contributed by atoms with E-state index in [0.29, 0.717) is 10.0 Å². The number of benzene rings is 1. The van der Waals surface area contributed by atoms with Crippen LogP contribution in [-0.4, -0.2) is 0 Å². The van der Waals surface area contributed by atoms with E-state index in [2.05, 4.69) is 22.9 Å². The summed E-state index contributed by atoms with van der Waals surface area (Å²) in [4.78, 5) is -0.00225. The van der Waals surface area contributed by atoms with Gasteiger partial charge in [-0.2, -0.15) is 0 Å². The van der Waals surface area contributed by atoms with Gasteiger partial charge in [0.2, 0.25) is 0 Å². The van der Waals surface area contributed by atoms with E-state index in [-0.39, 0.29) is 4.83 Å².